The summed E-state index contributed by atoms with van der Waals surface area (Å²) in [6.07, 6.45) is 4.61. The molecular weight excluding hydrogens is 344 g/mol. The second kappa shape index (κ2) is 6.69. The van der Waals surface area contributed by atoms with Crippen LogP contribution >= 0.6 is 0 Å². The third-order valence-electron chi connectivity index (χ3n) is 5.09. The number of hydrogen-bond acceptors (Lipinski definition) is 5. The molecule has 1 fully saturated rings. The van der Waals surface area contributed by atoms with E-state index in [0.29, 0.717) is 38.9 Å². The fourth-order valence-electron chi connectivity index (χ4n) is 3.88. The minimum absolute atomic E-state index is 0.00534. The summed E-state index contributed by atoms with van der Waals surface area (Å²) in [4.78, 5) is 21.6. The number of carbonyl (C=O) groups excluding carboxylic acids is 1. The summed E-state index contributed by atoms with van der Waals surface area (Å²) in [7, 11) is -3.36. The van der Waals surface area contributed by atoms with Crippen LogP contribution in [0.4, 0.5) is 0 Å². The van der Waals surface area contributed by atoms with Crippen molar-refractivity contribution >= 4 is 15.9 Å². The number of hydrogen-bond donors (Lipinski definition) is 1. The molecule has 1 saturated heterocycles. The zero-order chi connectivity index (χ0) is 18.2. The van der Waals surface area contributed by atoms with Gasteiger partial charge in [0, 0.05) is 31.7 Å². The Morgan fingerprint density at radius 3 is 2.64 bits per heavy atom. The summed E-state index contributed by atoms with van der Waals surface area (Å²) in [5.41, 5.74) is 1.16. The zero-order valence-electron chi connectivity index (χ0n) is 15.0. The first-order valence-corrected chi connectivity index (χ1v) is 10.5. The highest BCUT2D eigenvalue weighted by Gasteiger charge is 2.50. The highest BCUT2D eigenvalue weighted by Crippen LogP contribution is 2.43. The van der Waals surface area contributed by atoms with Crippen molar-refractivity contribution in [3.05, 3.63) is 17.7 Å². The first-order valence-electron chi connectivity index (χ1n) is 8.64. The predicted molar refractivity (Wildman–Crippen MR) is 92.4 cm³/mol. The number of aromatic amines is 1. The smallest absolute Gasteiger partial charge is 0.248 e. The van der Waals surface area contributed by atoms with Crippen LogP contribution in [0.2, 0.25) is 0 Å². The number of aromatic nitrogens is 2. The van der Waals surface area contributed by atoms with Crippen LogP contribution in [-0.4, -0.2) is 72.1 Å². The summed E-state index contributed by atoms with van der Waals surface area (Å²) < 4.78 is 31.7. The third-order valence-corrected chi connectivity index (χ3v) is 6.42. The van der Waals surface area contributed by atoms with Gasteiger partial charge in [-0.1, -0.05) is 0 Å². The summed E-state index contributed by atoms with van der Waals surface area (Å²) in [5, 5.41) is 0. The number of likely N-dealkylation sites (tertiary alicyclic amines) is 1. The molecule has 2 aliphatic heterocycles. The molecular formula is C16H26N4O4S. The maximum atomic E-state index is 12.4. The van der Waals surface area contributed by atoms with Crippen LogP contribution < -0.4 is 0 Å². The lowest BCUT2D eigenvalue weighted by Crippen LogP contribution is -2.58. The van der Waals surface area contributed by atoms with E-state index >= 15 is 0 Å². The van der Waals surface area contributed by atoms with Gasteiger partial charge in [0.2, 0.25) is 15.9 Å². The van der Waals surface area contributed by atoms with Crippen LogP contribution in [0.1, 0.15) is 38.1 Å². The van der Waals surface area contributed by atoms with E-state index in [-0.39, 0.29) is 18.6 Å². The molecule has 1 spiro atoms. The van der Waals surface area contributed by atoms with E-state index in [1.165, 1.54) is 6.26 Å². The highest BCUT2D eigenvalue weighted by atomic mass is 32.2. The molecule has 8 nitrogen and oxygen atoms in total. The summed E-state index contributed by atoms with van der Waals surface area (Å²) in [6, 6.07) is 0. The topological polar surface area (TPSA) is 95.6 Å². The number of nitrogens with zero attached hydrogens (tertiary/aromatic N) is 3. The average molecular weight is 370 g/mol. The fourth-order valence-corrected chi connectivity index (χ4v) is 5.21. The number of rotatable bonds is 4. The normalized spacial score (nSPS) is 20.9. The van der Waals surface area contributed by atoms with E-state index in [1.54, 1.807) is 15.5 Å². The first kappa shape index (κ1) is 18.3. The quantitative estimate of drug-likeness (QED) is 0.831. The number of nitrogens with one attached hydrogen (secondary N) is 1. The van der Waals surface area contributed by atoms with Gasteiger partial charge < -0.3 is 14.6 Å². The minimum atomic E-state index is -3.36. The number of ether oxygens (including phenoxy) is 1. The van der Waals surface area contributed by atoms with Gasteiger partial charge in [-0.2, -0.15) is 4.31 Å². The summed E-state index contributed by atoms with van der Waals surface area (Å²) in [6.45, 7) is 5.29. The molecule has 25 heavy (non-hydrogen) atoms. The molecule has 0 bridgehead atoms. The van der Waals surface area contributed by atoms with Gasteiger partial charge in [0.25, 0.3) is 0 Å². The van der Waals surface area contributed by atoms with Gasteiger partial charge in [-0.25, -0.2) is 13.4 Å². The van der Waals surface area contributed by atoms with Crippen LogP contribution in [0.5, 0.6) is 0 Å². The molecule has 140 valence electrons. The van der Waals surface area contributed by atoms with Crippen molar-refractivity contribution in [1.29, 1.82) is 0 Å². The van der Waals surface area contributed by atoms with Crippen molar-refractivity contribution in [3.63, 3.8) is 0 Å². The number of imidazole rings is 1. The number of amides is 1. The molecule has 0 radical (unpaired) electrons. The Morgan fingerprint density at radius 1 is 1.36 bits per heavy atom. The molecule has 1 N–H and O–H groups in total. The fraction of sp³-hybridized carbons (Fsp3) is 0.750. The van der Waals surface area contributed by atoms with E-state index in [0.717, 1.165) is 11.4 Å². The summed E-state index contributed by atoms with van der Waals surface area (Å²) in [5.74, 6) is -0.0486. The van der Waals surface area contributed by atoms with Gasteiger partial charge in [-0.3, -0.25) is 4.79 Å². The van der Waals surface area contributed by atoms with Crippen molar-refractivity contribution in [2.45, 2.75) is 44.8 Å². The molecule has 9 heteroatoms. The second-order valence-electron chi connectivity index (χ2n) is 7.09. The van der Waals surface area contributed by atoms with Crippen molar-refractivity contribution in [3.8, 4) is 0 Å². The van der Waals surface area contributed by atoms with E-state index < -0.39 is 15.6 Å². The summed E-state index contributed by atoms with van der Waals surface area (Å²) >= 11 is 0. The standard InChI is InChI=1S/C16H26N4O4S/c1-12(2)24-10-14(21)19-8-5-16(6-9-19)15-13(17-11-18-15)4-7-20(16)25(3,22)23/h11-12H,4-10H2,1-3H3,(H,17,18). The van der Waals surface area contributed by atoms with Crippen molar-refractivity contribution in [2.24, 2.45) is 0 Å². The molecule has 0 saturated carbocycles. The SMILES string of the molecule is CC(C)OCC(=O)N1CCC2(CC1)c1nc[nH]c1CCN2S(C)(=O)=O. The van der Waals surface area contributed by atoms with Gasteiger partial charge in [0.1, 0.15) is 6.61 Å². The molecule has 3 heterocycles. The van der Waals surface area contributed by atoms with Crippen molar-refractivity contribution in [2.75, 3.05) is 32.5 Å². The molecule has 1 aromatic rings. The van der Waals surface area contributed by atoms with Crippen LogP contribution in [-0.2, 0) is 31.5 Å². The number of fused-ring (bicyclic) bond motifs is 2. The minimum Gasteiger partial charge on any atom is -0.369 e. The maximum absolute atomic E-state index is 12.4. The van der Waals surface area contributed by atoms with Gasteiger partial charge in [-0.15, -0.1) is 0 Å². The number of sulfonamides is 1. The van der Waals surface area contributed by atoms with Gasteiger partial charge >= 0.3 is 0 Å². The lowest BCUT2D eigenvalue weighted by molar-refractivity contribution is -0.140. The Hall–Kier alpha value is -1.45. The molecule has 0 unspecified atom stereocenters. The van der Waals surface area contributed by atoms with Crippen LogP contribution in [0, 0.1) is 0 Å². The van der Waals surface area contributed by atoms with E-state index in [1.807, 2.05) is 13.8 Å². The lowest BCUT2D eigenvalue weighted by Gasteiger charge is -2.49. The Balaban J connectivity index is 1.81. The van der Waals surface area contributed by atoms with Crippen molar-refractivity contribution in [1.82, 2.24) is 19.2 Å². The maximum Gasteiger partial charge on any atom is 0.248 e. The third kappa shape index (κ3) is 3.45. The number of H-pyrrole nitrogens is 1. The Kier molecular flexibility index (Phi) is 4.91. The highest BCUT2D eigenvalue weighted by molar-refractivity contribution is 7.88. The molecule has 0 aliphatic carbocycles. The zero-order valence-corrected chi connectivity index (χ0v) is 15.8. The predicted octanol–water partition coefficient (Wildman–Crippen LogP) is 0.470. The molecule has 2 aliphatic rings. The Labute approximate surface area is 148 Å². The van der Waals surface area contributed by atoms with E-state index in [4.69, 9.17) is 4.74 Å². The number of carbonyl (C=O) groups is 1. The lowest BCUT2D eigenvalue weighted by atomic mass is 9.80. The molecule has 3 rings (SSSR count). The second-order valence-corrected chi connectivity index (χ2v) is 8.99. The Bertz CT molecular complexity index is 735. The van der Waals surface area contributed by atoms with Crippen LogP contribution in [0.25, 0.3) is 0 Å². The number of piperidine rings is 1. The van der Waals surface area contributed by atoms with Crippen LogP contribution in [0.15, 0.2) is 6.33 Å². The Morgan fingerprint density at radius 2 is 2.04 bits per heavy atom. The largest absolute Gasteiger partial charge is 0.369 e. The molecule has 1 aromatic heterocycles. The van der Waals surface area contributed by atoms with E-state index in [2.05, 4.69) is 9.97 Å². The van der Waals surface area contributed by atoms with Gasteiger partial charge in [0.05, 0.1) is 29.9 Å². The van der Waals surface area contributed by atoms with Crippen LogP contribution in [0.3, 0.4) is 0 Å². The molecule has 1 amide bonds. The van der Waals surface area contributed by atoms with Crippen molar-refractivity contribution < 1.29 is 17.9 Å². The monoisotopic (exact) mass is 370 g/mol. The molecule has 0 atom stereocenters. The van der Waals surface area contributed by atoms with Gasteiger partial charge in [-0.05, 0) is 26.7 Å². The van der Waals surface area contributed by atoms with Gasteiger partial charge in [0.15, 0.2) is 0 Å². The molecule has 0 aromatic carbocycles. The average Bonchev–Trinajstić information content (AvgIpc) is 3.02. The van der Waals surface area contributed by atoms with E-state index in [9.17, 15) is 13.2 Å². The first-order chi connectivity index (χ1) is 11.7.